The standard InChI is InChI=1S/C18H21BrN2O2/c1-18(2)13-7-6-12(16(18)8-13)10-20-21-17(22)11-23-15-5-3-4-14(19)9-15/h3-6,9-10,13,16H,7-8,11H2,1-2H3,(H,21,22). The largest absolute Gasteiger partial charge is 0.484 e. The van der Waals surface area contributed by atoms with Gasteiger partial charge in [-0.05, 0) is 53.9 Å². The number of nitrogens with one attached hydrogen (secondary N) is 1. The Balaban J connectivity index is 1.47. The number of benzene rings is 1. The zero-order valence-electron chi connectivity index (χ0n) is 13.4. The lowest BCUT2D eigenvalue weighted by Crippen LogP contribution is -2.48. The summed E-state index contributed by atoms with van der Waals surface area (Å²) in [5, 5.41) is 4.08. The molecule has 1 aromatic carbocycles. The van der Waals surface area contributed by atoms with Crippen LogP contribution < -0.4 is 10.2 Å². The molecule has 23 heavy (non-hydrogen) atoms. The molecule has 4 nitrogen and oxygen atoms in total. The first kappa shape index (κ1) is 16.2. The van der Waals surface area contributed by atoms with Crippen LogP contribution in [0.5, 0.6) is 5.75 Å². The molecule has 1 fully saturated rings. The molecule has 3 aliphatic carbocycles. The first-order chi connectivity index (χ1) is 11.0. The van der Waals surface area contributed by atoms with E-state index >= 15 is 0 Å². The van der Waals surface area contributed by atoms with Gasteiger partial charge in [-0.3, -0.25) is 4.79 Å². The van der Waals surface area contributed by atoms with E-state index in [0.717, 1.165) is 16.8 Å². The maximum Gasteiger partial charge on any atom is 0.277 e. The van der Waals surface area contributed by atoms with Crippen molar-refractivity contribution >= 4 is 28.1 Å². The molecular formula is C18H21BrN2O2. The number of hydrogen-bond acceptors (Lipinski definition) is 3. The molecule has 1 aromatic rings. The van der Waals surface area contributed by atoms with Crippen LogP contribution in [0.4, 0.5) is 0 Å². The van der Waals surface area contributed by atoms with Gasteiger partial charge in [0.2, 0.25) is 0 Å². The highest BCUT2D eigenvalue weighted by molar-refractivity contribution is 9.10. The van der Waals surface area contributed by atoms with Crippen LogP contribution >= 0.6 is 15.9 Å². The Labute approximate surface area is 145 Å². The summed E-state index contributed by atoms with van der Waals surface area (Å²) in [6, 6.07) is 7.39. The maximum atomic E-state index is 11.8. The van der Waals surface area contributed by atoms with Gasteiger partial charge >= 0.3 is 0 Å². The maximum absolute atomic E-state index is 11.8. The van der Waals surface area contributed by atoms with Crippen molar-refractivity contribution in [3.63, 3.8) is 0 Å². The summed E-state index contributed by atoms with van der Waals surface area (Å²) in [4.78, 5) is 11.8. The number of hydrazone groups is 1. The molecule has 2 unspecified atom stereocenters. The molecular weight excluding hydrogens is 356 g/mol. The average molecular weight is 377 g/mol. The molecule has 2 atom stereocenters. The van der Waals surface area contributed by atoms with Crippen molar-refractivity contribution in [3.8, 4) is 5.75 Å². The van der Waals surface area contributed by atoms with Gasteiger partial charge in [0.05, 0.1) is 6.21 Å². The summed E-state index contributed by atoms with van der Waals surface area (Å²) in [6.45, 7) is 4.58. The van der Waals surface area contributed by atoms with Gasteiger partial charge in [-0.1, -0.05) is 41.9 Å². The zero-order valence-corrected chi connectivity index (χ0v) is 15.0. The Morgan fingerprint density at radius 3 is 3.04 bits per heavy atom. The summed E-state index contributed by atoms with van der Waals surface area (Å²) in [5.41, 5.74) is 4.14. The topological polar surface area (TPSA) is 50.7 Å². The van der Waals surface area contributed by atoms with E-state index in [1.807, 2.05) is 24.3 Å². The lowest BCUT2D eigenvalue weighted by Gasteiger charge is -2.55. The molecule has 0 aromatic heterocycles. The van der Waals surface area contributed by atoms with Crippen molar-refractivity contribution in [2.75, 3.05) is 6.61 Å². The Hall–Kier alpha value is -1.62. The lowest BCUT2D eigenvalue weighted by molar-refractivity contribution is -0.123. The van der Waals surface area contributed by atoms with E-state index in [1.165, 1.54) is 12.0 Å². The molecule has 2 bridgehead atoms. The van der Waals surface area contributed by atoms with Gasteiger partial charge in [0, 0.05) is 4.47 Å². The number of amides is 1. The Bertz CT molecular complexity index is 667. The second-order valence-electron chi connectivity index (χ2n) is 6.79. The van der Waals surface area contributed by atoms with Crippen LogP contribution in [0, 0.1) is 17.3 Å². The van der Waals surface area contributed by atoms with Gasteiger partial charge < -0.3 is 4.74 Å². The monoisotopic (exact) mass is 376 g/mol. The van der Waals surface area contributed by atoms with E-state index in [-0.39, 0.29) is 12.5 Å². The number of hydrogen-bond donors (Lipinski definition) is 1. The molecule has 122 valence electrons. The molecule has 1 N–H and O–H groups in total. The number of nitrogens with zero attached hydrogens (tertiary/aromatic N) is 1. The fraction of sp³-hybridized carbons (Fsp3) is 0.444. The molecule has 0 aliphatic heterocycles. The fourth-order valence-corrected chi connectivity index (χ4v) is 3.84. The van der Waals surface area contributed by atoms with Gasteiger partial charge in [0.1, 0.15) is 5.75 Å². The number of ether oxygens (including phenoxy) is 1. The van der Waals surface area contributed by atoms with Crippen LogP contribution in [0.25, 0.3) is 0 Å². The summed E-state index contributed by atoms with van der Waals surface area (Å²) >= 11 is 3.36. The Morgan fingerprint density at radius 1 is 1.52 bits per heavy atom. The quantitative estimate of drug-likeness (QED) is 0.625. The van der Waals surface area contributed by atoms with Crippen LogP contribution in [0.15, 0.2) is 45.5 Å². The molecule has 0 spiro atoms. The molecule has 5 heteroatoms. The van der Waals surface area contributed by atoms with Gasteiger partial charge in [-0.2, -0.15) is 5.10 Å². The lowest BCUT2D eigenvalue weighted by atomic mass is 9.49. The van der Waals surface area contributed by atoms with E-state index in [1.54, 1.807) is 6.21 Å². The first-order valence-corrected chi connectivity index (χ1v) is 8.66. The Morgan fingerprint density at radius 2 is 2.35 bits per heavy atom. The summed E-state index contributed by atoms with van der Waals surface area (Å²) < 4.78 is 6.34. The van der Waals surface area contributed by atoms with Crippen molar-refractivity contribution < 1.29 is 9.53 Å². The molecule has 4 rings (SSSR count). The Kier molecular flexibility index (Phi) is 4.57. The molecule has 0 saturated heterocycles. The van der Waals surface area contributed by atoms with Crippen LogP contribution in [0.1, 0.15) is 26.7 Å². The molecule has 0 radical (unpaired) electrons. The highest BCUT2D eigenvalue weighted by Crippen LogP contribution is 2.58. The van der Waals surface area contributed by atoms with Gasteiger partial charge in [0.25, 0.3) is 5.91 Å². The third kappa shape index (κ3) is 3.50. The van der Waals surface area contributed by atoms with Gasteiger partial charge in [-0.25, -0.2) is 5.43 Å². The van der Waals surface area contributed by atoms with Crippen LogP contribution in [-0.2, 0) is 4.79 Å². The first-order valence-electron chi connectivity index (χ1n) is 7.87. The fourth-order valence-electron chi connectivity index (χ4n) is 3.46. The number of carbonyl (C=O) groups excluding carboxylic acids is 1. The highest BCUT2D eigenvalue weighted by atomic mass is 79.9. The van der Waals surface area contributed by atoms with Crippen molar-refractivity contribution in [1.82, 2.24) is 5.43 Å². The van der Waals surface area contributed by atoms with Gasteiger partial charge in [0.15, 0.2) is 6.61 Å². The van der Waals surface area contributed by atoms with Gasteiger partial charge in [-0.15, -0.1) is 0 Å². The second-order valence-corrected chi connectivity index (χ2v) is 7.70. The zero-order chi connectivity index (χ0) is 16.4. The highest BCUT2D eigenvalue weighted by Gasteiger charge is 2.50. The third-order valence-corrected chi connectivity index (χ3v) is 5.57. The minimum absolute atomic E-state index is 0.0517. The number of carbonyl (C=O) groups is 1. The number of rotatable bonds is 5. The number of allylic oxidation sites excluding steroid dienone is 2. The molecule has 3 aliphatic rings. The predicted octanol–water partition coefficient (Wildman–Crippen LogP) is 3.92. The molecule has 1 amide bonds. The second kappa shape index (κ2) is 6.48. The molecule has 1 saturated carbocycles. The van der Waals surface area contributed by atoms with E-state index in [2.05, 4.69) is 46.4 Å². The van der Waals surface area contributed by atoms with E-state index in [0.29, 0.717) is 17.1 Å². The van der Waals surface area contributed by atoms with Crippen LogP contribution in [-0.4, -0.2) is 18.7 Å². The average Bonchev–Trinajstić information content (AvgIpc) is 2.53. The summed E-state index contributed by atoms with van der Waals surface area (Å²) in [7, 11) is 0. The van der Waals surface area contributed by atoms with E-state index < -0.39 is 0 Å². The van der Waals surface area contributed by atoms with Crippen molar-refractivity contribution in [2.24, 2.45) is 22.4 Å². The summed E-state index contributed by atoms with van der Waals surface area (Å²) in [6.07, 6.45) is 6.39. The SMILES string of the molecule is CC1(C)C2CC=C(C=NNC(=O)COc3cccc(Br)c3)C1C2. The van der Waals surface area contributed by atoms with Crippen LogP contribution in [0.2, 0.25) is 0 Å². The minimum atomic E-state index is -0.261. The van der Waals surface area contributed by atoms with Crippen molar-refractivity contribution in [1.29, 1.82) is 0 Å². The predicted molar refractivity (Wildman–Crippen MR) is 94.3 cm³/mol. The normalized spacial score (nSPS) is 24.7. The number of fused-ring (bicyclic) bond motifs is 1. The smallest absolute Gasteiger partial charge is 0.277 e. The van der Waals surface area contributed by atoms with E-state index in [4.69, 9.17) is 4.74 Å². The third-order valence-electron chi connectivity index (χ3n) is 5.08. The van der Waals surface area contributed by atoms with E-state index in [9.17, 15) is 4.79 Å². The molecule has 0 heterocycles. The van der Waals surface area contributed by atoms with Crippen LogP contribution in [0.3, 0.4) is 0 Å². The van der Waals surface area contributed by atoms with Crippen molar-refractivity contribution in [3.05, 3.63) is 40.4 Å². The minimum Gasteiger partial charge on any atom is -0.484 e. The number of halogens is 1. The van der Waals surface area contributed by atoms with Crippen molar-refractivity contribution in [2.45, 2.75) is 26.7 Å². The summed E-state index contributed by atoms with van der Waals surface area (Å²) in [5.74, 6) is 1.76.